The van der Waals surface area contributed by atoms with Crippen molar-refractivity contribution >= 4 is 5.97 Å². The van der Waals surface area contributed by atoms with Crippen molar-refractivity contribution in [1.82, 2.24) is 15.3 Å². The zero-order chi connectivity index (χ0) is 14.2. The van der Waals surface area contributed by atoms with Crippen LogP contribution in [0.3, 0.4) is 0 Å². The number of carbonyl (C=O) groups is 1. The van der Waals surface area contributed by atoms with Gasteiger partial charge in [0.25, 0.3) is 0 Å². The summed E-state index contributed by atoms with van der Waals surface area (Å²) in [7, 11) is 0. The van der Waals surface area contributed by atoms with Gasteiger partial charge in [-0.1, -0.05) is 0 Å². The number of hydrogen-bond donors (Lipinski definition) is 2. The quantitative estimate of drug-likeness (QED) is 0.846. The van der Waals surface area contributed by atoms with E-state index in [0.29, 0.717) is 25.4 Å². The number of hydrogen-bond acceptors (Lipinski definition) is 5. The van der Waals surface area contributed by atoms with Gasteiger partial charge < -0.3 is 15.2 Å². The molecule has 0 amide bonds. The first kappa shape index (κ1) is 13.5. The van der Waals surface area contributed by atoms with Gasteiger partial charge in [-0.3, -0.25) is 0 Å². The van der Waals surface area contributed by atoms with E-state index in [9.17, 15) is 9.90 Å². The van der Waals surface area contributed by atoms with Crippen molar-refractivity contribution in [3.05, 3.63) is 22.8 Å². The van der Waals surface area contributed by atoms with Gasteiger partial charge in [-0.25, -0.2) is 14.8 Å². The van der Waals surface area contributed by atoms with Crippen LogP contribution in [0.4, 0.5) is 0 Å². The summed E-state index contributed by atoms with van der Waals surface area (Å²) >= 11 is 0. The fourth-order valence-electron chi connectivity index (χ4n) is 2.88. The molecule has 6 heteroatoms. The van der Waals surface area contributed by atoms with Crippen LogP contribution < -0.4 is 5.32 Å². The van der Waals surface area contributed by atoms with E-state index in [2.05, 4.69) is 15.3 Å². The minimum Gasteiger partial charge on any atom is -0.477 e. The van der Waals surface area contributed by atoms with Crippen molar-refractivity contribution in [2.45, 2.75) is 44.8 Å². The SMILES string of the molecule is CC1(c2nc3c(c(C(=O)O)n2)CCNC3)CCCCO1. The molecule has 0 bridgehead atoms. The van der Waals surface area contributed by atoms with Gasteiger partial charge >= 0.3 is 5.97 Å². The molecule has 2 aliphatic rings. The maximum atomic E-state index is 11.5. The van der Waals surface area contributed by atoms with Gasteiger partial charge in [-0.2, -0.15) is 0 Å². The summed E-state index contributed by atoms with van der Waals surface area (Å²) in [5.74, 6) is -0.469. The third kappa shape index (κ3) is 2.29. The van der Waals surface area contributed by atoms with Crippen molar-refractivity contribution in [3.8, 4) is 0 Å². The maximum absolute atomic E-state index is 11.5. The van der Waals surface area contributed by atoms with E-state index in [0.717, 1.165) is 37.1 Å². The number of nitrogens with one attached hydrogen (secondary N) is 1. The number of nitrogens with zero attached hydrogens (tertiary/aromatic N) is 2. The van der Waals surface area contributed by atoms with Crippen molar-refractivity contribution < 1.29 is 14.6 Å². The summed E-state index contributed by atoms with van der Waals surface area (Å²) < 4.78 is 5.84. The van der Waals surface area contributed by atoms with E-state index in [1.807, 2.05) is 6.92 Å². The zero-order valence-corrected chi connectivity index (χ0v) is 11.6. The highest BCUT2D eigenvalue weighted by Gasteiger charge is 2.35. The summed E-state index contributed by atoms with van der Waals surface area (Å²) in [6, 6.07) is 0. The first-order valence-electron chi connectivity index (χ1n) is 7.08. The summed E-state index contributed by atoms with van der Waals surface area (Å²) in [5.41, 5.74) is 1.14. The number of aromatic nitrogens is 2. The molecule has 0 radical (unpaired) electrons. The summed E-state index contributed by atoms with van der Waals surface area (Å²) in [4.78, 5) is 20.4. The maximum Gasteiger partial charge on any atom is 0.354 e. The molecule has 1 atom stereocenters. The third-order valence-electron chi connectivity index (χ3n) is 4.08. The van der Waals surface area contributed by atoms with Crippen LogP contribution in [0, 0.1) is 0 Å². The molecule has 20 heavy (non-hydrogen) atoms. The predicted octanol–water partition coefficient (Wildman–Crippen LogP) is 1.24. The first-order valence-corrected chi connectivity index (χ1v) is 7.08. The number of carboxylic acid groups (broad SMARTS) is 1. The fraction of sp³-hybridized carbons (Fsp3) is 0.643. The van der Waals surface area contributed by atoms with Gasteiger partial charge in [-0.05, 0) is 39.2 Å². The lowest BCUT2D eigenvalue weighted by Crippen LogP contribution is -2.35. The van der Waals surface area contributed by atoms with Gasteiger partial charge in [0.15, 0.2) is 11.5 Å². The highest BCUT2D eigenvalue weighted by atomic mass is 16.5. The van der Waals surface area contributed by atoms with Crippen LogP contribution in [-0.4, -0.2) is 34.2 Å². The Hall–Kier alpha value is -1.53. The highest BCUT2D eigenvalue weighted by Crippen LogP contribution is 2.33. The Morgan fingerprint density at radius 2 is 2.25 bits per heavy atom. The van der Waals surface area contributed by atoms with Gasteiger partial charge in [-0.15, -0.1) is 0 Å². The molecule has 1 saturated heterocycles. The number of rotatable bonds is 2. The van der Waals surface area contributed by atoms with Crippen LogP contribution >= 0.6 is 0 Å². The van der Waals surface area contributed by atoms with Crippen molar-refractivity contribution in [2.75, 3.05) is 13.2 Å². The molecular weight excluding hydrogens is 258 g/mol. The van der Waals surface area contributed by atoms with Gasteiger partial charge in [0.1, 0.15) is 5.60 Å². The molecule has 1 aromatic rings. The molecule has 0 aliphatic carbocycles. The molecule has 1 aromatic heterocycles. The van der Waals surface area contributed by atoms with Gasteiger partial charge in [0, 0.05) is 18.7 Å². The van der Waals surface area contributed by atoms with Crippen LogP contribution in [0.25, 0.3) is 0 Å². The molecule has 2 aliphatic heterocycles. The highest BCUT2D eigenvalue weighted by molar-refractivity contribution is 5.87. The lowest BCUT2D eigenvalue weighted by Gasteiger charge is -2.33. The molecule has 0 spiro atoms. The molecule has 3 rings (SSSR count). The van der Waals surface area contributed by atoms with Crippen LogP contribution in [0.15, 0.2) is 0 Å². The largest absolute Gasteiger partial charge is 0.477 e. The number of ether oxygens (including phenoxy) is 1. The molecule has 2 N–H and O–H groups in total. The topological polar surface area (TPSA) is 84.3 Å². The Morgan fingerprint density at radius 3 is 2.95 bits per heavy atom. The van der Waals surface area contributed by atoms with E-state index in [4.69, 9.17) is 4.74 Å². The molecule has 1 unspecified atom stereocenters. The Bertz CT molecular complexity index is 539. The Labute approximate surface area is 117 Å². The van der Waals surface area contributed by atoms with Gasteiger partial charge in [0.2, 0.25) is 0 Å². The van der Waals surface area contributed by atoms with E-state index in [1.54, 1.807) is 0 Å². The number of aromatic carboxylic acids is 1. The third-order valence-corrected chi connectivity index (χ3v) is 4.08. The van der Waals surface area contributed by atoms with Crippen LogP contribution in [0.1, 0.15) is 53.8 Å². The second-order valence-corrected chi connectivity index (χ2v) is 5.59. The lowest BCUT2D eigenvalue weighted by atomic mass is 9.94. The van der Waals surface area contributed by atoms with E-state index >= 15 is 0 Å². The zero-order valence-electron chi connectivity index (χ0n) is 11.6. The molecule has 108 valence electrons. The Morgan fingerprint density at radius 1 is 1.40 bits per heavy atom. The van der Waals surface area contributed by atoms with Crippen molar-refractivity contribution in [1.29, 1.82) is 0 Å². The van der Waals surface area contributed by atoms with Crippen LogP contribution in [0.2, 0.25) is 0 Å². The minimum absolute atomic E-state index is 0.141. The Kier molecular flexibility index (Phi) is 3.43. The summed E-state index contributed by atoms with van der Waals surface area (Å²) in [6.07, 6.45) is 3.58. The number of fused-ring (bicyclic) bond motifs is 1. The summed E-state index contributed by atoms with van der Waals surface area (Å²) in [5, 5.41) is 12.6. The second-order valence-electron chi connectivity index (χ2n) is 5.59. The second kappa shape index (κ2) is 5.10. The van der Waals surface area contributed by atoms with Crippen LogP contribution in [0.5, 0.6) is 0 Å². The first-order chi connectivity index (χ1) is 9.60. The standard InChI is InChI=1S/C14H19N3O3/c1-14(5-2-3-7-20-14)13-16-10-8-15-6-4-9(10)11(17-13)12(18)19/h15H,2-8H2,1H3,(H,18,19). The average molecular weight is 277 g/mol. The van der Waals surface area contributed by atoms with E-state index in [-0.39, 0.29) is 5.69 Å². The summed E-state index contributed by atoms with van der Waals surface area (Å²) in [6.45, 7) is 4.00. The molecule has 6 nitrogen and oxygen atoms in total. The predicted molar refractivity (Wildman–Crippen MR) is 71.6 cm³/mol. The van der Waals surface area contributed by atoms with E-state index in [1.165, 1.54) is 0 Å². The van der Waals surface area contributed by atoms with Gasteiger partial charge in [0.05, 0.1) is 5.69 Å². The minimum atomic E-state index is -0.980. The molecule has 3 heterocycles. The van der Waals surface area contributed by atoms with E-state index < -0.39 is 11.6 Å². The van der Waals surface area contributed by atoms with Crippen molar-refractivity contribution in [2.24, 2.45) is 0 Å². The molecule has 0 aromatic carbocycles. The molecule has 1 fully saturated rings. The Balaban J connectivity index is 2.07. The monoisotopic (exact) mass is 277 g/mol. The molecule has 0 saturated carbocycles. The molecular formula is C14H19N3O3. The number of carboxylic acids is 1. The van der Waals surface area contributed by atoms with Crippen LogP contribution in [-0.2, 0) is 23.3 Å². The normalized spacial score (nSPS) is 26.1. The lowest BCUT2D eigenvalue weighted by molar-refractivity contribution is -0.0763. The van der Waals surface area contributed by atoms with Crippen molar-refractivity contribution in [3.63, 3.8) is 0 Å². The smallest absolute Gasteiger partial charge is 0.354 e. The fourth-order valence-corrected chi connectivity index (χ4v) is 2.88. The average Bonchev–Trinajstić information content (AvgIpc) is 2.46.